The highest BCUT2D eigenvalue weighted by molar-refractivity contribution is 5.81. The summed E-state index contributed by atoms with van der Waals surface area (Å²) >= 11 is 0. The van der Waals surface area contributed by atoms with Gasteiger partial charge in [-0.25, -0.2) is 0 Å². The number of hydrogen-bond acceptors (Lipinski definition) is 3. The first-order chi connectivity index (χ1) is 16.4. The molecular weight excluding hydrogens is 424 g/mol. The van der Waals surface area contributed by atoms with Gasteiger partial charge >= 0.3 is 0 Å². The van der Waals surface area contributed by atoms with Gasteiger partial charge in [0.05, 0.1) is 6.04 Å². The highest BCUT2D eigenvalue weighted by atomic mass is 16.5. The molecular formula is C29H32N2O3. The van der Waals surface area contributed by atoms with E-state index in [1.54, 1.807) is 6.92 Å². The number of fused-ring (bicyclic) bond motifs is 1. The van der Waals surface area contributed by atoms with Crippen molar-refractivity contribution in [2.24, 2.45) is 5.92 Å². The zero-order chi connectivity index (χ0) is 24.1. The van der Waals surface area contributed by atoms with E-state index in [0.29, 0.717) is 18.8 Å². The van der Waals surface area contributed by atoms with Crippen molar-refractivity contribution in [3.63, 3.8) is 0 Å². The number of amides is 2. The number of carbonyl (C=O) groups excluding carboxylic acids is 2. The highest BCUT2D eigenvalue weighted by Crippen LogP contribution is 2.38. The summed E-state index contributed by atoms with van der Waals surface area (Å²) in [5.74, 6) is 0.513. The van der Waals surface area contributed by atoms with E-state index in [2.05, 4.69) is 23.5 Å². The quantitative estimate of drug-likeness (QED) is 0.550. The van der Waals surface area contributed by atoms with E-state index in [-0.39, 0.29) is 23.8 Å². The average Bonchev–Trinajstić information content (AvgIpc) is 2.87. The standard InChI is InChI=1S/C29H32N2O3/c1-20(2)29(33)31-17-16-23-14-15-25(18-26(23)27(31)24-12-8-5-9-13-24)34-21(3)28(32)30-19-22-10-6-4-7-11-22/h4-15,18,20-21,27H,16-17,19H2,1-3H3,(H,30,32)/t21-,27+/m1/s1. The minimum absolute atomic E-state index is 0.0828. The minimum atomic E-state index is -0.645. The normalized spacial score (nSPS) is 16.0. The Balaban J connectivity index is 1.55. The van der Waals surface area contributed by atoms with Crippen LogP contribution in [0.2, 0.25) is 0 Å². The van der Waals surface area contributed by atoms with Gasteiger partial charge in [0.1, 0.15) is 5.75 Å². The molecule has 1 N–H and O–H groups in total. The molecule has 3 aromatic carbocycles. The first-order valence-corrected chi connectivity index (χ1v) is 11.9. The predicted octanol–water partition coefficient (Wildman–Crippen LogP) is 4.90. The van der Waals surface area contributed by atoms with E-state index < -0.39 is 6.10 Å². The Morgan fingerprint density at radius 1 is 0.971 bits per heavy atom. The molecule has 0 aliphatic carbocycles. The van der Waals surface area contributed by atoms with Crippen molar-refractivity contribution in [1.82, 2.24) is 10.2 Å². The summed E-state index contributed by atoms with van der Waals surface area (Å²) in [6.45, 7) is 6.77. The Kier molecular flexibility index (Phi) is 7.31. The monoisotopic (exact) mass is 456 g/mol. The third-order valence-electron chi connectivity index (χ3n) is 6.23. The lowest BCUT2D eigenvalue weighted by molar-refractivity contribution is -0.136. The third kappa shape index (κ3) is 5.30. The van der Waals surface area contributed by atoms with Crippen LogP contribution in [0.3, 0.4) is 0 Å². The molecule has 1 aliphatic heterocycles. The molecule has 4 rings (SSSR count). The van der Waals surface area contributed by atoms with Crippen LogP contribution in [0.15, 0.2) is 78.9 Å². The molecule has 5 nitrogen and oxygen atoms in total. The molecule has 2 atom stereocenters. The fraction of sp³-hybridized carbons (Fsp3) is 0.310. The van der Waals surface area contributed by atoms with Crippen LogP contribution in [-0.2, 0) is 22.6 Å². The molecule has 0 fully saturated rings. The Labute approximate surface area is 201 Å². The fourth-order valence-electron chi connectivity index (χ4n) is 4.42. The average molecular weight is 457 g/mol. The molecule has 0 unspecified atom stereocenters. The lowest BCUT2D eigenvalue weighted by Crippen LogP contribution is -2.42. The summed E-state index contributed by atoms with van der Waals surface area (Å²) in [5, 5.41) is 2.93. The van der Waals surface area contributed by atoms with Gasteiger partial charge in [0, 0.05) is 19.0 Å². The number of rotatable bonds is 7. The van der Waals surface area contributed by atoms with Gasteiger partial charge in [0.2, 0.25) is 5.91 Å². The van der Waals surface area contributed by atoms with Crippen molar-refractivity contribution in [1.29, 1.82) is 0 Å². The van der Waals surface area contributed by atoms with Crippen molar-refractivity contribution in [3.8, 4) is 5.75 Å². The Bertz CT molecular complexity index is 1130. The molecule has 3 aromatic rings. The molecule has 0 radical (unpaired) electrons. The summed E-state index contributed by atoms with van der Waals surface area (Å²) in [5.41, 5.74) is 4.37. The maximum atomic E-state index is 13.1. The van der Waals surface area contributed by atoms with Gasteiger partial charge in [-0.15, -0.1) is 0 Å². The molecule has 34 heavy (non-hydrogen) atoms. The van der Waals surface area contributed by atoms with Crippen LogP contribution in [0.25, 0.3) is 0 Å². The van der Waals surface area contributed by atoms with E-state index >= 15 is 0 Å². The molecule has 176 valence electrons. The smallest absolute Gasteiger partial charge is 0.261 e. The second-order valence-electron chi connectivity index (χ2n) is 9.07. The molecule has 0 aromatic heterocycles. The SMILES string of the molecule is CC(C)C(=O)N1CCc2ccc(O[C@H](C)C(=O)NCc3ccccc3)cc2[C@@H]1c1ccccc1. The summed E-state index contributed by atoms with van der Waals surface area (Å²) in [4.78, 5) is 27.7. The topological polar surface area (TPSA) is 58.6 Å². The van der Waals surface area contributed by atoms with Crippen molar-refractivity contribution < 1.29 is 14.3 Å². The van der Waals surface area contributed by atoms with Gasteiger partial charge in [0.25, 0.3) is 5.91 Å². The van der Waals surface area contributed by atoms with Crippen LogP contribution in [0.5, 0.6) is 5.75 Å². The number of hydrogen-bond donors (Lipinski definition) is 1. The van der Waals surface area contributed by atoms with Crippen molar-refractivity contribution >= 4 is 11.8 Å². The van der Waals surface area contributed by atoms with Crippen molar-refractivity contribution in [2.45, 2.75) is 45.9 Å². The summed E-state index contributed by atoms with van der Waals surface area (Å²) in [6, 6.07) is 25.7. The third-order valence-corrected chi connectivity index (χ3v) is 6.23. The van der Waals surface area contributed by atoms with Crippen LogP contribution in [0.4, 0.5) is 0 Å². The largest absolute Gasteiger partial charge is 0.481 e. The zero-order valence-corrected chi connectivity index (χ0v) is 20.0. The minimum Gasteiger partial charge on any atom is -0.481 e. The van der Waals surface area contributed by atoms with Crippen molar-refractivity contribution in [2.75, 3.05) is 6.54 Å². The molecule has 0 saturated carbocycles. The molecule has 1 aliphatic rings. The second kappa shape index (κ2) is 10.6. The van der Waals surface area contributed by atoms with Crippen molar-refractivity contribution in [3.05, 3.63) is 101 Å². The van der Waals surface area contributed by atoms with E-state index in [1.165, 1.54) is 5.56 Å². The van der Waals surface area contributed by atoms with Gasteiger partial charge in [-0.05, 0) is 47.7 Å². The number of carbonyl (C=O) groups is 2. The van der Waals surface area contributed by atoms with Gasteiger partial charge in [-0.2, -0.15) is 0 Å². The Morgan fingerprint density at radius 2 is 1.65 bits per heavy atom. The summed E-state index contributed by atoms with van der Waals surface area (Å²) in [6.07, 6.45) is 0.152. The Morgan fingerprint density at radius 3 is 2.32 bits per heavy atom. The summed E-state index contributed by atoms with van der Waals surface area (Å²) in [7, 11) is 0. The maximum Gasteiger partial charge on any atom is 0.261 e. The number of benzene rings is 3. The highest BCUT2D eigenvalue weighted by Gasteiger charge is 2.33. The van der Waals surface area contributed by atoms with Crippen LogP contribution < -0.4 is 10.1 Å². The summed E-state index contributed by atoms with van der Waals surface area (Å²) < 4.78 is 6.04. The lowest BCUT2D eigenvalue weighted by Gasteiger charge is -2.39. The van der Waals surface area contributed by atoms with Crippen LogP contribution >= 0.6 is 0 Å². The number of nitrogens with zero attached hydrogens (tertiary/aromatic N) is 1. The van der Waals surface area contributed by atoms with E-state index in [9.17, 15) is 9.59 Å². The number of ether oxygens (including phenoxy) is 1. The molecule has 0 spiro atoms. The van der Waals surface area contributed by atoms with Gasteiger partial charge in [0.15, 0.2) is 6.10 Å². The molecule has 2 amide bonds. The molecule has 1 heterocycles. The van der Waals surface area contributed by atoms with Crippen LogP contribution in [0, 0.1) is 5.92 Å². The van der Waals surface area contributed by atoms with Gasteiger partial charge in [-0.1, -0.05) is 80.6 Å². The first kappa shape index (κ1) is 23.6. The predicted molar refractivity (Wildman–Crippen MR) is 133 cm³/mol. The first-order valence-electron chi connectivity index (χ1n) is 11.9. The van der Waals surface area contributed by atoms with Crippen LogP contribution in [-0.4, -0.2) is 29.4 Å². The zero-order valence-electron chi connectivity index (χ0n) is 20.0. The van der Waals surface area contributed by atoms with E-state index in [0.717, 1.165) is 23.1 Å². The lowest BCUT2D eigenvalue weighted by atomic mass is 9.87. The van der Waals surface area contributed by atoms with Gasteiger partial charge in [-0.3, -0.25) is 9.59 Å². The van der Waals surface area contributed by atoms with E-state index in [1.807, 2.05) is 79.4 Å². The van der Waals surface area contributed by atoms with Crippen LogP contribution in [0.1, 0.15) is 49.1 Å². The fourth-order valence-corrected chi connectivity index (χ4v) is 4.42. The molecule has 0 bridgehead atoms. The van der Waals surface area contributed by atoms with E-state index in [4.69, 9.17) is 4.74 Å². The molecule has 0 saturated heterocycles. The Hall–Kier alpha value is -3.60. The number of nitrogens with one attached hydrogen (secondary N) is 1. The second-order valence-corrected chi connectivity index (χ2v) is 9.07. The molecule has 5 heteroatoms. The maximum absolute atomic E-state index is 13.1. The van der Waals surface area contributed by atoms with Gasteiger partial charge < -0.3 is 15.0 Å².